The minimum Gasteiger partial charge on any atom is -0.493 e. The minimum atomic E-state index is 0.507. The summed E-state index contributed by atoms with van der Waals surface area (Å²) >= 11 is 6.44. The predicted molar refractivity (Wildman–Crippen MR) is 85.0 cm³/mol. The van der Waals surface area contributed by atoms with Gasteiger partial charge in [0.25, 0.3) is 0 Å². The van der Waals surface area contributed by atoms with Gasteiger partial charge in [0, 0.05) is 11.8 Å². The number of rotatable bonds is 5. The van der Waals surface area contributed by atoms with Crippen molar-refractivity contribution in [3.05, 3.63) is 22.8 Å². The lowest BCUT2D eigenvalue weighted by molar-refractivity contribution is 0.327. The Labute approximate surface area is 130 Å². The Morgan fingerprint density at radius 1 is 1.05 bits per heavy atom. The molecule has 5 heteroatoms. The highest BCUT2D eigenvalue weighted by atomic mass is 35.5. The zero-order chi connectivity index (χ0) is 15.6. The zero-order valence-electron chi connectivity index (χ0n) is 13.0. The standard InChI is InChI=1S/C16H20ClNO3/c1-9(2)6-10-7-11(17)14-12(18-10)8-13(19-3)15(20-4)16(14)21-5/h7-9H,6H2,1-5H3. The van der Waals surface area contributed by atoms with E-state index in [1.807, 2.05) is 12.1 Å². The summed E-state index contributed by atoms with van der Waals surface area (Å²) in [6, 6.07) is 3.71. The average molecular weight is 310 g/mol. The molecule has 0 radical (unpaired) electrons. The highest BCUT2D eigenvalue weighted by molar-refractivity contribution is 6.36. The molecule has 114 valence electrons. The molecule has 1 heterocycles. The van der Waals surface area contributed by atoms with E-state index in [1.54, 1.807) is 21.3 Å². The van der Waals surface area contributed by atoms with Crippen molar-refractivity contribution in [2.24, 2.45) is 5.92 Å². The van der Waals surface area contributed by atoms with E-state index in [-0.39, 0.29) is 0 Å². The van der Waals surface area contributed by atoms with Gasteiger partial charge in [-0.2, -0.15) is 0 Å². The molecular formula is C16H20ClNO3. The third kappa shape index (κ3) is 3.00. The van der Waals surface area contributed by atoms with Gasteiger partial charge in [-0.25, -0.2) is 0 Å². The Morgan fingerprint density at radius 2 is 1.71 bits per heavy atom. The molecule has 2 aromatic rings. The molecule has 0 amide bonds. The summed E-state index contributed by atoms with van der Waals surface area (Å²) in [6.07, 6.45) is 0.867. The second kappa shape index (κ2) is 6.39. The first-order valence-corrected chi connectivity index (χ1v) is 7.17. The first-order valence-electron chi connectivity index (χ1n) is 6.79. The maximum Gasteiger partial charge on any atom is 0.204 e. The van der Waals surface area contributed by atoms with Gasteiger partial charge in [-0.3, -0.25) is 4.98 Å². The van der Waals surface area contributed by atoms with Crippen molar-refractivity contribution >= 4 is 22.5 Å². The fraction of sp³-hybridized carbons (Fsp3) is 0.438. The van der Waals surface area contributed by atoms with Gasteiger partial charge in [-0.1, -0.05) is 25.4 Å². The van der Waals surface area contributed by atoms with E-state index < -0.39 is 0 Å². The third-order valence-electron chi connectivity index (χ3n) is 3.22. The van der Waals surface area contributed by atoms with Crippen molar-refractivity contribution in [2.45, 2.75) is 20.3 Å². The van der Waals surface area contributed by atoms with Crippen LogP contribution in [0.1, 0.15) is 19.5 Å². The van der Waals surface area contributed by atoms with Crippen LogP contribution in [0, 0.1) is 5.92 Å². The Balaban J connectivity index is 2.75. The summed E-state index contributed by atoms with van der Waals surface area (Å²) in [5.41, 5.74) is 1.70. The highest BCUT2D eigenvalue weighted by Crippen LogP contribution is 2.45. The van der Waals surface area contributed by atoms with Crippen LogP contribution in [0.5, 0.6) is 17.2 Å². The third-order valence-corrected chi connectivity index (χ3v) is 3.52. The Bertz CT molecular complexity index is 656. The number of aromatic nitrogens is 1. The molecule has 0 N–H and O–H groups in total. The first-order chi connectivity index (χ1) is 10.0. The first kappa shape index (κ1) is 15.7. The van der Waals surface area contributed by atoms with Crippen LogP contribution in [-0.4, -0.2) is 26.3 Å². The second-order valence-electron chi connectivity index (χ2n) is 5.23. The number of halogens is 1. The molecule has 4 nitrogen and oxygen atoms in total. The van der Waals surface area contributed by atoms with Gasteiger partial charge >= 0.3 is 0 Å². The number of ether oxygens (including phenoxy) is 3. The summed E-state index contributed by atoms with van der Waals surface area (Å²) in [5.74, 6) is 2.15. The highest BCUT2D eigenvalue weighted by Gasteiger charge is 2.19. The number of hydrogen-bond acceptors (Lipinski definition) is 4. The van der Waals surface area contributed by atoms with Crippen LogP contribution >= 0.6 is 11.6 Å². The second-order valence-corrected chi connectivity index (χ2v) is 5.64. The SMILES string of the molecule is COc1cc2nc(CC(C)C)cc(Cl)c2c(OC)c1OC. The smallest absolute Gasteiger partial charge is 0.204 e. The number of methoxy groups -OCH3 is 3. The summed E-state index contributed by atoms with van der Waals surface area (Å²) in [7, 11) is 4.73. The van der Waals surface area contributed by atoms with Crippen LogP contribution < -0.4 is 14.2 Å². The lowest BCUT2D eigenvalue weighted by atomic mass is 10.1. The van der Waals surface area contributed by atoms with Gasteiger partial charge in [0.2, 0.25) is 5.75 Å². The summed E-state index contributed by atoms with van der Waals surface area (Å²) in [6.45, 7) is 4.30. The Hall–Kier alpha value is -1.68. The van der Waals surface area contributed by atoms with Gasteiger partial charge in [-0.05, 0) is 18.4 Å². The molecule has 21 heavy (non-hydrogen) atoms. The molecule has 0 aliphatic rings. The molecule has 1 aromatic carbocycles. The predicted octanol–water partition coefficient (Wildman–Crippen LogP) is 4.11. The average Bonchev–Trinajstić information content (AvgIpc) is 2.44. The monoisotopic (exact) mass is 309 g/mol. The van der Waals surface area contributed by atoms with Gasteiger partial charge in [0.1, 0.15) is 0 Å². The van der Waals surface area contributed by atoms with Crippen molar-refractivity contribution in [2.75, 3.05) is 21.3 Å². The molecule has 0 aliphatic carbocycles. The van der Waals surface area contributed by atoms with Gasteiger partial charge < -0.3 is 14.2 Å². The molecule has 0 aliphatic heterocycles. The summed E-state index contributed by atoms with van der Waals surface area (Å²) in [4.78, 5) is 4.67. The van der Waals surface area contributed by atoms with E-state index >= 15 is 0 Å². The largest absolute Gasteiger partial charge is 0.493 e. The molecule has 0 spiro atoms. The Morgan fingerprint density at radius 3 is 2.24 bits per heavy atom. The fourth-order valence-corrected chi connectivity index (χ4v) is 2.70. The summed E-state index contributed by atoms with van der Waals surface area (Å²) in [5, 5.41) is 1.35. The van der Waals surface area contributed by atoms with E-state index in [9.17, 15) is 0 Å². The maximum absolute atomic E-state index is 6.44. The number of benzene rings is 1. The molecule has 2 rings (SSSR count). The van der Waals surface area contributed by atoms with Crippen molar-refractivity contribution < 1.29 is 14.2 Å². The van der Waals surface area contributed by atoms with Crippen LogP contribution in [0.15, 0.2) is 12.1 Å². The fourth-order valence-electron chi connectivity index (χ4n) is 2.39. The molecule has 0 unspecified atom stereocenters. The molecular weight excluding hydrogens is 290 g/mol. The number of hydrogen-bond donors (Lipinski definition) is 0. The maximum atomic E-state index is 6.44. The lowest BCUT2D eigenvalue weighted by Gasteiger charge is -2.16. The van der Waals surface area contributed by atoms with E-state index in [0.29, 0.717) is 28.2 Å². The number of pyridine rings is 1. The lowest BCUT2D eigenvalue weighted by Crippen LogP contribution is -2.01. The van der Waals surface area contributed by atoms with Crippen LogP contribution in [0.25, 0.3) is 10.9 Å². The van der Waals surface area contributed by atoms with Crippen LogP contribution in [0.2, 0.25) is 5.02 Å². The van der Waals surface area contributed by atoms with E-state index in [1.165, 1.54) is 0 Å². The van der Waals surface area contributed by atoms with Crippen molar-refractivity contribution in [3.63, 3.8) is 0 Å². The van der Waals surface area contributed by atoms with Crippen molar-refractivity contribution in [1.82, 2.24) is 4.98 Å². The Kier molecular flexibility index (Phi) is 4.78. The quantitative estimate of drug-likeness (QED) is 0.833. The van der Waals surface area contributed by atoms with Crippen LogP contribution in [0.3, 0.4) is 0 Å². The van der Waals surface area contributed by atoms with E-state index in [2.05, 4.69) is 18.8 Å². The van der Waals surface area contributed by atoms with Crippen molar-refractivity contribution in [3.8, 4) is 17.2 Å². The number of fused-ring (bicyclic) bond motifs is 1. The van der Waals surface area contributed by atoms with Crippen LogP contribution in [0.4, 0.5) is 0 Å². The van der Waals surface area contributed by atoms with Crippen LogP contribution in [-0.2, 0) is 6.42 Å². The van der Waals surface area contributed by atoms with Gasteiger partial charge in [0.15, 0.2) is 11.5 Å². The molecule has 0 atom stereocenters. The van der Waals surface area contributed by atoms with Crippen molar-refractivity contribution in [1.29, 1.82) is 0 Å². The molecule has 0 saturated heterocycles. The van der Waals surface area contributed by atoms with Gasteiger partial charge in [0.05, 0.1) is 37.3 Å². The normalized spacial score (nSPS) is 11.0. The molecule has 0 fully saturated rings. The van der Waals surface area contributed by atoms with Gasteiger partial charge in [-0.15, -0.1) is 0 Å². The molecule has 0 bridgehead atoms. The minimum absolute atomic E-state index is 0.507. The topological polar surface area (TPSA) is 40.6 Å². The zero-order valence-corrected chi connectivity index (χ0v) is 13.7. The molecule has 0 saturated carbocycles. The van der Waals surface area contributed by atoms with E-state index in [4.69, 9.17) is 25.8 Å². The summed E-state index contributed by atoms with van der Waals surface area (Å²) < 4.78 is 16.2. The van der Waals surface area contributed by atoms with E-state index in [0.717, 1.165) is 23.0 Å². The molecule has 1 aromatic heterocycles. The number of nitrogens with zero attached hydrogens (tertiary/aromatic N) is 1.